The average Bonchev–Trinajstić information content (AvgIpc) is 2.59. The highest BCUT2D eigenvalue weighted by atomic mass is 79.9. The molecule has 0 radical (unpaired) electrons. The highest BCUT2D eigenvalue weighted by Gasteiger charge is 2.31. The molecule has 0 saturated carbocycles. The molecule has 0 aliphatic rings. The van der Waals surface area contributed by atoms with Crippen molar-refractivity contribution in [2.24, 2.45) is 0 Å². The lowest BCUT2D eigenvalue weighted by molar-refractivity contribution is 0.0187. The first-order valence-corrected chi connectivity index (χ1v) is 5.82. The van der Waals surface area contributed by atoms with E-state index in [9.17, 15) is 5.11 Å². The molecule has 1 rings (SSSR count). The number of aliphatic hydroxyl groups is 1. The van der Waals surface area contributed by atoms with Crippen molar-refractivity contribution < 1.29 is 5.11 Å². The van der Waals surface area contributed by atoms with Crippen molar-refractivity contribution in [2.75, 3.05) is 0 Å². The van der Waals surface area contributed by atoms with Crippen LogP contribution in [0.5, 0.6) is 0 Å². The second-order valence-electron chi connectivity index (χ2n) is 3.40. The molecule has 0 fully saturated rings. The summed E-state index contributed by atoms with van der Waals surface area (Å²) in [7, 11) is 0. The van der Waals surface area contributed by atoms with Gasteiger partial charge in [-0.2, -0.15) is 5.10 Å². The predicted octanol–water partition coefficient (Wildman–Crippen LogP) is 2.67. The number of hydrogen-bond acceptors (Lipinski definition) is 2. The summed E-state index contributed by atoms with van der Waals surface area (Å²) in [5.41, 5.74) is 0.135. The van der Waals surface area contributed by atoms with Crippen LogP contribution < -0.4 is 0 Å². The van der Waals surface area contributed by atoms with Crippen LogP contribution in [0.3, 0.4) is 0 Å². The highest BCUT2D eigenvalue weighted by molar-refractivity contribution is 9.10. The van der Waals surface area contributed by atoms with Gasteiger partial charge in [0.05, 0.1) is 16.4 Å². The molecule has 0 atom stereocenters. The minimum absolute atomic E-state index is 0.702. The van der Waals surface area contributed by atoms with Crippen molar-refractivity contribution in [3.8, 4) is 0 Å². The summed E-state index contributed by atoms with van der Waals surface area (Å²) in [5.74, 6) is 0. The van der Waals surface area contributed by atoms with Crippen molar-refractivity contribution >= 4 is 15.9 Å². The first-order valence-electron chi connectivity index (χ1n) is 5.03. The van der Waals surface area contributed by atoms with E-state index in [1.165, 1.54) is 0 Å². The minimum Gasteiger partial charge on any atom is -0.384 e. The van der Waals surface area contributed by atoms with Gasteiger partial charge in [-0.1, -0.05) is 13.8 Å². The lowest BCUT2D eigenvalue weighted by atomic mass is 9.93. The van der Waals surface area contributed by atoms with Crippen LogP contribution in [0.15, 0.2) is 10.7 Å². The van der Waals surface area contributed by atoms with Gasteiger partial charge in [-0.05, 0) is 35.7 Å². The second kappa shape index (κ2) is 4.45. The van der Waals surface area contributed by atoms with Crippen LogP contribution in [-0.4, -0.2) is 14.9 Å². The maximum Gasteiger partial charge on any atom is 0.107 e. The molecule has 1 aromatic rings. The van der Waals surface area contributed by atoms with Gasteiger partial charge in [-0.15, -0.1) is 0 Å². The van der Waals surface area contributed by atoms with Crippen molar-refractivity contribution in [3.05, 3.63) is 16.4 Å². The minimum atomic E-state index is -0.759. The number of hydrogen-bond donors (Lipinski definition) is 1. The Labute approximate surface area is 93.3 Å². The third-order valence-corrected chi connectivity index (χ3v) is 3.29. The molecule has 0 spiro atoms. The summed E-state index contributed by atoms with van der Waals surface area (Å²) >= 11 is 3.43. The molecule has 1 aromatic heterocycles. The van der Waals surface area contributed by atoms with Crippen LogP contribution in [-0.2, 0) is 12.1 Å². The largest absolute Gasteiger partial charge is 0.384 e. The van der Waals surface area contributed by atoms with Crippen molar-refractivity contribution in [1.29, 1.82) is 0 Å². The van der Waals surface area contributed by atoms with Crippen molar-refractivity contribution in [2.45, 2.75) is 45.8 Å². The summed E-state index contributed by atoms with van der Waals surface area (Å²) in [4.78, 5) is 0. The molecular weight excluding hydrogens is 244 g/mol. The van der Waals surface area contributed by atoms with Crippen LogP contribution >= 0.6 is 15.9 Å². The smallest absolute Gasteiger partial charge is 0.107 e. The maximum atomic E-state index is 10.4. The number of rotatable bonds is 4. The summed E-state index contributed by atoms with van der Waals surface area (Å²) in [6.07, 6.45) is 3.15. The Morgan fingerprint density at radius 2 is 2.00 bits per heavy atom. The highest BCUT2D eigenvalue weighted by Crippen LogP contribution is 2.33. The maximum absolute atomic E-state index is 10.4. The van der Waals surface area contributed by atoms with Crippen LogP contribution in [0.1, 0.15) is 39.3 Å². The van der Waals surface area contributed by atoms with Crippen LogP contribution in [0, 0.1) is 0 Å². The van der Waals surface area contributed by atoms with E-state index in [0.29, 0.717) is 12.8 Å². The summed E-state index contributed by atoms with van der Waals surface area (Å²) in [6, 6.07) is 0. The van der Waals surface area contributed by atoms with E-state index in [0.717, 1.165) is 16.7 Å². The SMILES string of the molecule is CCn1ncc(Br)c1C(O)(CC)CC. The molecule has 0 aromatic carbocycles. The Morgan fingerprint density at radius 1 is 1.43 bits per heavy atom. The molecule has 0 amide bonds. The zero-order valence-electron chi connectivity index (χ0n) is 8.92. The quantitative estimate of drug-likeness (QED) is 0.904. The molecule has 0 unspecified atom stereocenters. The second-order valence-corrected chi connectivity index (χ2v) is 4.25. The van der Waals surface area contributed by atoms with Gasteiger partial charge in [0.25, 0.3) is 0 Å². The molecule has 80 valence electrons. The fourth-order valence-electron chi connectivity index (χ4n) is 1.65. The molecule has 0 aliphatic carbocycles. The van der Waals surface area contributed by atoms with Gasteiger partial charge in [-0.3, -0.25) is 4.68 Å². The summed E-state index contributed by atoms with van der Waals surface area (Å²) < 4.78 is 2.74. The fraction of sp³-hybridized carbons (Fsp3) is 0.700. The van der Waals surface area contributed by atoms with Crippen LogP contribution in [0.4, 0.5) is 0 Å². The number of aryl methyl sites for hydroxylation is 1. The van der Waals surface area contributed by atoms with E-state index in [2.05, 4.69) is 21.0 Å². The molecule has 14 heavy (non-hydrogen) atoms. The van der Waals surface area contributed by atoms with E-state index >= 15 is 0 Å². The molecular formula is C10H17BrN2O. The van der Waals surface area contributed by atoms with Crippen molar-refractivity contribution in [1.82, 2.24) is 9.78 Å². The van der Waals surface area contributed by atoms with Gasteiger partial charge in [0.2, 0.25) is 0 Å². The van der Waals surface area contributed by atoms with Gasteiger partial charge in [0.1, 0.15) is 5.60 Å². The lowest BCUT2D eigenvalue weighted by Crippen LogP contribution is -2.27. The fourth-order valence-corrected chi connectivity index (χ4v) is 2.31. The Morgan fingerprint density at radius 3 is 2.43 bits per heavy atom. The standard InChI is InChI=1S/C10H17BrN2O/c1-4-10(14,5-2)9-8(11)7-12-13(9)6-3/h7,14H,4-6H2,1-3H3. The predicted molar refractivity (Wildman–Crippen MR) is 60.1 cm³/mol. The number of halogens is 1. The van der Waals surface area contributed by atoms with Crippen LogP contribution in [0.25, 0.3) is 0 Å². The number of nitrogens with zero attached hydrogens (tertiary/aromatic N) is 2. The van der Waals surface area contributed by atoms with Gasteiger partial charge >= 0.3 is 0 Å². The molecule has 4 heteroatoms. The Balaban J connectivity index is 3.20. The number of aromatic nitrogens is 2. The zero-order valence-corrected chi connectivity index (χ0v) is 10.5. The van der Waals surface area contributed by atoms with Gasteiger partial charge in [0, 0.05) is 6.54 Å². The van der Waals surface area contributed by atoms with Crippen molar-refractivity contribution in [3.63, 3.8) is 0 Å². The van der Waals surface area contributed by atoms with Crippen LogP contribution in [0.2, 0.25) is 0 Å². The zero-order chi connectivity index (χ0) is 10.8. The van der Waals surface area contributed by atoms with E-state index in [-0.39, 0.29) is 0 Å². The van der Waals surface area contributed by atoms with E-state index < -0.39 is 5.60 Å². The van der Waals surface area contributed by atoms with Gasteiger partial charge < -0.3 is 5.11 Å². The van der Waals surface area contributed by atoms with Gasteiger partial charge in [0.15, 0.2) is 0 Å². The molecule has 1 heterocycles. The molecule has 3 nitrogen and oxygen atoms in total. The topological polar surface area (TPSA) is 38.0 Å². The Bertz CT molecular complexity index is 305. The first kappa shape index (κ1) is 11.7. The molecule has 0 saturated heterocycles. The van der Waals surface area contributed by atoms with E-state index in [4.69, 9.17) is 0 Å². The molecule has 0 bridgehead atoms. The monoisotopic (exact) mass is 260 g/mol. The normalized spacial score (nSPS) is 12.1. The average molecular weight is 261 g/mol. The molecule has 0 aliphatic heterocycles. The lowest BCUT2D eigenvalue weighted by Gasteiger charge is -2.26. The third kappa shape index (κ3) is 1.86. The third-order valence-electron chi connectivity index (χ3n) is 2.70. The summed E-state index contributed by atoms with van der Waals surface area (Å²) in [5, 5.41) is 14.6. The van der Waals surface area contributed by atoms with E-state index in [1.807, 2.05) is 25.5 Å². The van der Waals surface area contributed by atoms with Gasteiger partial charge in [-0.25, -0.2) is 0 Å². The summed E-state index contributed by atoms with van der Waals surface area (Å²) in [6.45, 7) is 6.78. The first-order chi connectivity index (χ1) is 6.59. The Hall–Kier alpha value is -0.350. The molecule has 1 N–H and O–H groups in total. The Kier molecular flexibility index (Phi) is 3.72. The van der Waals surface area contributed by atoms with E-state index in [1.54, 1.807) is 6.20 Å².